The van der Waals surface area contributed by atoms with E-state index in [2.05, 4.69) is 25.8 Å². The van der Waals surface area contributed by atoms with Gasteiger partial charge in [0, 0.05) is 17.5 Å². The van der Waals surface area contributed by atoms with Crippen LogP contribution in [0.2, 0.25) is 0 Å². The Morgan fingerprint density at radius 1 is 1.26 bits per heavy atom. The number of nitrogens with zero attached hydrogens (tertiary/aromatic N) is 4. The fourth-order valence-electron chi connectivity index (χ4n) is 2.81. The summed E-state index contributed by atoms with van der Waals surface area (Å²) in [7, 11) is 1.58. The average molecular weight is 461 g/mol. The van der Waals surface area contributed by atoms with Crippen molar-refractivity contribution in [1.29, 1.82) is 0 Å². The largest absolute Gasteiger partial charge is 0.497 e. The number of rotatable bonds is 9. The van der Waals surface area contributed by atoms with Gasteiger partial charge in [-0.3, -0.25) is 9.59 Å². The van der Waals surface area contributed by atoms with Crippen LogP contribution in [0.5, 0.6) is 5.75 Å². The molecule has 11 heteroatoms. The van der Waals surface area contributed by atoms with Gasteiger partial charge in [-0.15, -0.1) is 21.5 Å². The van der Waals surface area contributed by atoms with Gasteiger partial charge in [-0.05, 0) is 45.0 Å². The van der Waals surface area contributed by atoms with Crippen LogP contribution in [-0.4, -0.2) is 44.4 Å². The molecule has 164 valence electrons. The van der Waals surface area contributed by atoms with Gasteiger partial charge in [-0.25, -0.2) is 4.98 Å². The van der Waals surface area contributed by atoms with E-state index in [9.17, 15) is 9.59 Å². The number of hydrogen-bond donors (Lipinski definition) is 2. The number of nitrogens with one attached hydrogen (secondary N) is 2. The predicted octanol–water partition coefficient (Wildman–Crippen LogP) is 3.29. The van der Waals surface area contributed by atoms with E-state index in [1.54, 1.807) is 31.4 Å². The van der Waals surface area contributed by atoms with Crippen molar-refractivity contribution in [3.05, 3.63) is 46.7 Å². The number of carbonyl (C=O) groups excluding carboxylic acids is 2. The molecular weight excluding hydrogens is 436 g/mol. The molecule has 0 aliphatic rings. The molecule has 0 bridgehead atoms. The van der Waals surface area contributed by atoms with Crippen LogP contribution in [0, 0.1) is 6.92 Å². The van der Waals surface area contributed by atoms with Gasteiger partial charge in [0.15, 0.2) is 16.1 Å². The number of aromatic nitrogens is 4. The molecular formula is C20H24N6O3S2. The molecule has 0 saturated heterocycles. The first-order chi connectivity index (χ1) is 14.9. The van der Waals surface area contributed by atoms with E-state index in [1.165, 1.54) is 23.1 Å². The van der Waals surface area contributed by atoms with Gasteiger partial charge in [0.05, 0.1) is 24.6 Å². The maximum atomic E-state index is 12.6. The van der Waals surface area contributed by atoms with Crippen molar-refractivity contribution < 1.29 is 14.3 Å². The highest BCUT2D eigenvalue weighted by atomic mass is 32.2. The number of methoxy groups -OCH3 is 1. The van der Waals surface area contributed by atoms with E-state index in [0.717, 1.165) is 5.69 Å². The van der Waals surface area contributed by atoms with Crippen molar-refractivity contribution in [3.63, 3.8) is 0 Å². The Kier molecular flexibility index (Phi) is 7.64. The van der Waals surface area contributed by atoms with Crippen molar-refractivity contribution in [1.82, 2.24) is 25.1 Å². The Hall–Kier alpha value is -2.92. The highest BCUT2D eigenvalue weighted by molar-refractivity contribution is 7.99. The van der Waals surface area contributed by atoms with Crippen molar-refractivity contribution in [2.24, 2.45) is 0 Å². The van der Waals surface area contributed by atoms with Crippen LogP contribution in [0.15, 0.2) is 34.8 Å². The fraction of sp³-hybridized carbons (Fsp3) is 0.350. The van der Waals surface area contributed by atoms with Crippen LogP contribution < -0.4 is 15.4 Å². The SMILES string of the molecule is CCn1c(SCC(=O)Nc2nc(C)cs2)nnc1C(C)NC(=O)c1ccc(OC)cc1. The molecule has 0 fully saturated rings. The molecule has 1 unspecified atom stereocenters. The molecule has 31 heavy (non-hydrogen) atoms. The summed E-state index contributed by atoms with van der Waals surface area (Å²) in [6.07, 6.45) is 0. The van der Waals surface area contributed by atoms with Crippen LogP contribution in [0.1, 0.15) is 41.8 Å². The first-order valence-electron chi connectivity index (χ1n) is 9.64. The fourth-order valence-corrected chi connectivity index (χ4v) is 4.32. The number of ether oxygens (including phenoxy) is 1. The van der Waals surface area contributed by atoms with Crippen LogP contribution in [-0.2, 0) is 11.3 Å². The molecule has 2 N–H and O–H groups in total. The molecule has 0 spiro atoms. The lowest BCUT2D eigenvalue weighted by Gasteiger charge is -2.15. The number of hydrogen-bond acceptors (Lipinski definition) is 8. The van der Waals surface area contributed by atoms with Crippen LogP contribution in [0.4, 0.5) is 5.13 Å². The van der Waals surface area contributed by atoms with Gasteiger partial charge in [0.25, 0.3) is 5.91 Å². The van der Waals surface area contributed by atoms with E-state index >= 15 is 0 Å². The zero-order valence-corrected chi connectivity index (χ0v) is 19.3. The number of carbonyl (C=O) groups is 2. The summed E-state index contributed by atoms with van der Waals surface area (Å²) in [6.45, 7) is 6.30. The summed E-state index contributed by atoms with van der Waals surface area (Å²) in [4.78, 5) is 29.0. The Morgan fingerprint density at radius 3 is 2.61 bits per heavy atom. The standard InChI is InChI=1S/C20H24N6O3S2/c1-5-26-17(13(3)22-18(28)14-6-8-15(29-4)9-7-14)24-25-20(26)31-11-16(27)23-19-21-12(2)10-30-19/h6-10,13H,5,11H2,1-4H3,(H,22,28)(H,21,23,27). The number of amides is 2. The summed E-state index contributed by atoms with van der Waals surface area (Å²) in [5, 5.41) is 17.2. The minimum atomic E-state index is -0.358. The lowest BCUT2D eigenvalue weighted by atomic mass is 10.2. The van der Waals surface area contributed by atoms with Gasteiger partial charge < -0.3 is 19.9 Å². The van der Waals surface area contributed by atoms with Crippen molar-refractivity contribution in [2.75, 3.05) is 18.2 Å². The highest BCUT2D eigenvalue weighted by Crippen LogP contribution is 2.22. The Morgan fingerprint density at radius 2 is 2.00 bits per heavy atom. The first kappa shape index (κ1) is 22.8. The minimum Gasteiger partial charge on any atom is -0.497 e. The smallest absolute Gasteiger partial charge is 0.251 e. The van der Waals surface area contributed by atoms with Crippen molar-refractivity contribution in [2.45, 2.75) is 38.5 Å². The zero-order valence-electron chi connectivity index (χ0n) is 17.7. The molecule has 0 aliphatic heterocycles. The molecule has 0 aliphatic carbocycles. The Labute approximate surface area is 188 Å². The van der Waals surface area contributed by atoms with Crippen LogP contribution in [0.25, 0.3) is 0 Å². The lowest BCUT2D eigenvalue weighted by molar-refractivity contribution is -0.113. The number of aryl methyl sites for hydroxylation is 1. The molecule has 1 atom stereocenters. The monoisotopic (exact) mass is 460 g/mol. The Balaban J connectivity index is 1.61. The molecule has 0 saturated carbocycles. The number of benzene rings is 1. The molecule has 1 aromatic carbocycles. The van der Waals surface area contributed by atoms with Crippen LogP contribution in [0.3, 0.4) is 0 Å². The molecule has 3 aromatic rings. The predicted molar refractivity (Wildman–Crippen MR) is 121 cm³/mol. The Bertz CT molecular complexity index is 1050. The van der Waals surface area contributed by atoms with Crippen LogP contribution >= 0.6 is 23.1 Å². The first-order valence-corrected chi connectivity index (χ1v) is 11.5. The maximum Gasteiger partial charge on any atom is 0.251 e. The number of thioether (sulfide) groups is 1. The number of thiazole rings is 1. The third-order valence-corrected chi connectivity index (χ3v) is 6.19. The van der Waals surface area contributed by atoms with E-state index in [4.69, 9.17) is 4.74 Å². The van der Waals surface area contributed by atoms with E-state index in [0.29, 0.717) is 34.0 Å². The zero-order chi connectivity index (χ0) is 22.4. The van der Waals surface area contributed by atoms with Gasteiger partial charge >= 0.3 is 0 Å². The average Bonchev–Trinajstić information content (AvgIpc) is 3.37. The van der Waals surface area contributed by atoms with Gasteiger partial charge in [-0.1, -0.05) is 11.8 Å². The molecule has 2 aromatic heterocycles. The van der Waals surface area contributed by atoms with E-state index < -0.39 is 0 Å². The third kappa shape index (κ3) is 5.82. The minimum absolute atomic E-state index is 0.160. The van der Waals surface area contributed by atoms with Gasteiger partial charge in [-0.2, -0.15) is 0 Å². The highest BCUT2D eigenvalue weighted by Gasteiger charge is 2.20. The summed E-state index contributed by atoms with van der Waals surface area (Å²) >= 11 is 2.68. The van der Waals surface area contributed by atoms with Gasteiger partial charge in [0.2, 0.25) is 5.91 Å². The normalized spacial score (nSPS) is 11.7. The second kappa shape index (κ2) is 10.4. The topological polar surface area (TPSA) is 111 Å². The van der Waals surface area contributed by atoms with E-state index in [-0.39, 0.29) is 23.6 Å². The summed E-state index contributed by atoms with van der Waals surface area (Å²) < 4.78 is 7.01. The van der Waals surface area contributed by atoms with E-state index in [1.807, 2.05) is 30.7 Å². The van der Waals surface area contributed by atoms with Crippen molar-refractivity contribution >= 4 is 40.0 Å². The third-order valence-electron chi connectivity index (χ3n) is 4.35. The second-order valence-electron chi connectivity index (χ2n) is 6.64. The summed E-state index contributed by atoms with van der Waals surface area (Å²) in [5.41, 5.74) is 1.40. The lowest BCUT2D eigenvalue weighted by Crippen LogP contribution is -2.28. The van der Waals surface area contributed by atoms with Gasteiger partial charge in [0.1, 0.15) is 5.75 Å². The maximum absolute atomic E-state index is 12.6. The quantitative estimate of drug-likeness (QED) is 0.471. The van der Waals surface area contributed by atoms with Crippen molar-refractivity contribution in [3.8, 4) is 5.75 Å². The summed E-state index contributed by atoms with van der Waals surface area (Å²) in [6, 6.07) is 6.52. The molecule has 9 nitrogen and oxygen atoms in total. The molecule has 2 heterocycles. The number of anilines is 1. The molecule has 2 amide bonds. The second-order valence-corrected chi connectivity index (χ2v) is 8.44. The molecule has 3 rings (SSSR count). The summed E-state index contributed by atoms with van der Waals surface area (Å²) in [5.74, 6) is 1.12. The molecule has 0 radical (unpaired) electrons.